The number of carbonyl (C=O) groups is 2. The molecular formula is C23H27N3O4. The van der Waals surface area contributed by atoms with E-state index in [0.29, 0.717) is 12.3 Å². The minimum absolute atomic E-state index is 0.112. The quantitative estimate of drug-likeness (QED) is 0.379. The average Bonchev–Trinajstić information content (AvgIpc) is 3.03. The van der Waals surface area contributed by atoms with Gasteiger partial charge in [-0.05, 0) is 50.6 Å². The Morgan fingerprint density at radius 3 is 2.53 bits per heavy atom. The SMILES string of the molecule is COC[C@H](C)n1c(C)cc(/C=C(\C#N)C(=O)OCC(=O)N(C)c2ccccc2)c1C. The summed E-state index contributed by atoms with van der Waals surface area (Å²) < 4.78 is 12.4. The number of aryl methyl sites for hydroxylation is 1. The number of methoxy groups -OCH3 is 1. The van der Waals surface area contributed by atoms with E-state index >= 15 is 0 Å². The number of esters is 1. The molecule has 0 saturated carbocycles. The molecule has 1 aromatic heterocycles. The van der Waals surface area contributed by atoms with E-state index in [1.165, 1.54) is 11.0 Å². The highest BCUT2D eigenvalue weighted by Crippen LogP contribution is 2.23. The number of para-hydroxylation sites is 1. The Morgan fingerprint density at radius 2 is 1.93 bits per heavy atom. The zero-order valence-corrected chi connectivity index (χ0v) is 18.0. The van der Waals surface area contributed by atoms with Crippen LogP contribution in [0.1, 0.15) is 29.9 Å². The number of carbonyl (C=O) groups excluding carboxylic acids is 2. The number of nitriles is 1. The average molecular weight is 409 g/mol. The summed E-state index contributed by atoms with van der Waals surface area (Å²) in [5, 5.41) is 9.43. The summed E-state index contributed by atoms with van der Waals surface area (Å²) in [4.78, 5) is 26.1. The van der Waals surface area contributed by atoms with Crippen LogP contribution in [-0.4, -0.2) is 43.8 Å². The maximum absolute atomic E-state index is 12.4. The van der Waals surface area contributed by atoms with E-state index in [-0.39, 0.29) is 11.6 Å². The molecule has 0 N–H and O–H groups in total. The Balaban J connectivity index is 2.11. The minimum Gasteiger partial charge on any atom is -0.451 e. The fourth-order valence-electron chi connectivity index (χ4n) is 3.33. The van der Waals surface area contributed by atoms with Gasteiger partial charge in [-0.2, -0.15) is 5.26 Å². The van der Waals surface area contributed by atoms with Gasteiger partial charge in [-0.25, -0.2) is 4.79 Å². The Morgan fingerprint density at radius 1 is 1.27 bits per heavy atom. The highest BCUT2D eigenvalue weighted by atomic mass is 16.5. The van der Waals surface area contributed by atoms with Crippen LogP contribution in [-0.2, 0) is 19.1 Å². The Labute approximate surface area is 177 Å². The summed E-state index contributed by atoms with van der Waals surface area (Å²) in [5.74, 6) is -1.22. The van der Waals surface area contributed by atoms with E-state index in [1.54, 1.807) is 26.3 Å². The van der Waals surface area contributed by atoms with Crippen LogP contribution in [0.4, 0.5) is 5.69 Å². The smallest absolute Gasteiger partial charge is 0.349 e. The van der Waals surface area contributed by atoms with Crippen molar-refractivity contribution >= 4 is 23.6 Å². The van der Waals surface area contributed by atoms with Crippen molar-refractivity contribution in [3.05, 3.63) is 58.9 Å². The van der Waals surface area contributed by atoms with Crippen molar-refractivity contribution in [3.63, 3.8) is 0 Å². The van der Waals surface area contributed by atoms with E-state index in [2.05, 4.69) is 4.57 Å². The number of benzene rings is 1. The molecule has 7 heteroatoms. The molecule has 1 aromatic carbocycles. The number of amides is 1. The standard InChI is InChI=1S/C23H27N3O4/c1-16-11-19(18(3)26(16)17(2)14-29-5)12-20(13-24)23(28)30-15-22(27)25(4)21-9-7-6-8-10-21/h6-12,17H,14-15H2,1-5H3/b20-12+/t17-/m0/s1. The van der Waals surface area contributed by atoms with Crippen LogP contribution in [0.25, 0.3) is 6.08 Å². The molecule has 0 aliphatic heterocycles. The lowest BCUT2D eigenvalue weighted by molar-refractivity contribution is -0.143. The lowest BCUT2D eigenvalue weighted by Gasteiger charge is -2.17. The second-order valence-electron chi connectivity index (χ2n) is 7.04. The van der Waals surface area contributed by atoms with Crippen molar-refractivity contribution in [2.24, 2.45) is 0 Å². The second-order valence-corrected chi connectivity index (χ2v) is 7.04. The van der Waals surface area contributed by atoms with Gasteiger partial charge in [0.15, 0.2) is 6.61 Å². The van der Waals surface area contributed by atoms with Crippen molar-refractivity contribution in [1.82, 2.24) is 4.57 Å². The third-order valence-electron chi connectivity index (χ3n) is 4.86. The molecule has 1 atom stereocenters. The van der Waals surface area contributed by atoms with Crippen LogP contribution >= 0.6 is 0 Å². The molecule has 0 radical (unpaired) electrons. The monoisotopic (exact) mass is 409 g/mol. The molecule has 0 aliphatic rings. The fraction of sp³-hybridized carbons (Fsp3) is 0.348. The van der Waals surface area contributed by atoms with Crippen LogP contribution in [0.5, 0.6) is 0 Å². The predicted molar refractivity (Wildman–Crippen MR) is 115 cm³/mol. The van der Waals surface area contributed by atoms with Crippen molar-refractivity contribution in [2.75, 3.05) is 32.3 Å². The van der Waals surface area contributed by atoms with Gasteiger partial charge in [-0.15, -0.1) is 0 Å². The van der Waals surface area contributed by atoms with E-state index in [1.807, 2.05) is 51.1 Å². The molecular weight excluding hydrogens is 382 g/mol. The lowest BCUT2D eigenvalue weighted by atomic mass is 10.1. The topological polar surface area (TPSA) is 84.6 Å². The number of hydrogen-bond acceptors (Lipinski definition) is 5. The van der Waals surface area contributed by atoms with E-state index in [0.717, 1.165) is 17.0 Å². The molecule has 1 amide bonds. The Kier molecular flexibility index (Phi) is 7.96. The molecule has 2 aromatic rings. The first-order chi connectivity index (χ1) is 14.3. The highest BCUT2D eigenvalue weighted by Gasteiger charge is 2.18. The number of ether oxygens (including phenoxy) is 2. The van der Waals surface area contributed by atoms with Crippen LogP contribution in [0, 0.1) is 25.2 Å². The molecule has 0 saturated heterocycles. The summed E-state index contributed by atoms with van der Waals surface area (Å²) >= 11 is 0. The minimum atomic E-state index is -0.831. The molecule has 0 fully saturated rings. The third-order valence-corrected chi connectivity index (χ3v) is 4.86. The maximum Gasteiger partial charge on any atom is 0.349 e. The molecule has 0 aliphatic carbocycles. The molecule has 30 heavy (non-hydrogen) atoms. The van der Waals surface area contributed by atoms with Crippen LogP contribution in [0.2, 0.25) is 0 Å². The number of aromatic nitrogens is 1. The molecule has 0 unspecified atom stereocenters. The summed E-state index contributed by atoms with van der Waals surface area (Å²) in [6.45, 7) is 6.00. The normalized spacial score (nSPS) is 12.2. The van der Waals surface area contributed by atoms with Crippen LogP contribution in [0.3, 0.4) is 0 Å². The first kappa shape index (κ1) is 22.9. The summed E-state index contributed by atoms with van der Waals surface area (Å²) in [5.41, 5.74) is 3.18. The Bertz CT molecular complexity index is 970. The largest absolute Gasteiger partial charge is 0.451 e. The molecule has 2 rings (SSSR count). The van der Waals surface area contributed by atoms with Gasteiger partial charge in [-0.1, -0.05) is 18.2 Å². The first-order valence-corrected chi connectivity index (χ1v) is 9.58. The second kappa shape index (κ2) is 10.4. The number of rotatable bonds is 8. The third kappa shape index (κ3) is 5.37. The lowest BCUT2D eigenvalue weighted by Crippen LogP contribution is -2.31. The van der Waals surface area contributed by atoms with Crippen LogP contribution < -0.4 is 4.90 Å². The molecule has 1 heterocycles. The van der Waals surface area contributed by atoms with Crippen molar-refractivity contribution < 1.29 is 19.1 Å². The van der Waals surface area contributed by atoms with Gasteiger partial charge in [0.25, 0.3) is 5.91 Å². The van der Waals surface area contributed by atoms with E-state index < -0.39 is 18.5 Å². The van der Waals surface area contributed by atoms with Gasteiger partial charge < -0.3 is 18.9 Å². The van der Waals surface area contributed by atoms with Crippen molar-refractivity contribution in [1.29, 1.82) is 5.26 Å². The molecule has 158 valence electrons. The van der Waals surface area contributed by atoms with Gasteiger partial charge >= 0.3 is 5.97 Å². The van der Waals surface area contributed by atoms with Gasteiger partial charge in [0.1, 0.15) is 11.6 Å². The van der Waals surface area contributed by atoms with E-state index in [4.69, 9.17) is 9.47 Å². The number of likely N-dealkylation sites (N-methyl/N-ethyl adjacent to an activating group) is 1. The summed E-state index contributed by atoms with van der Waals surface area (Å²) in [6.07, 6.45) is 1.49. The van der Waals surface area contributed by atoms with Crippen molar-refractivity contribution in [2.45, 2.75) is 26.8 Å². The maximum atomic E-state index is 12.4. The summed E-state index contributed by atoms with van der Waals surface area (Å²) in [6, 6.07) is 12.9. The Hall–Kier alpha value is -3.37. The highest BCUT2D eigenvalue weighted by molar-refractivity contribution is 6.00. The predicted octanol–water partition coefficient (Wildman–Crippen LogP) is 3.43. The van der Waals surface area contributed by atoms with Gasteiger partial charge in [0.05, 0.1) is 12.6 Å². The van der Waals surface area contributed by atoms with Gasteiger partial charge in [0, 0.05) is 31.2 Å². The number of hydrogen-bond donors (Lipinski definition) is 0. The summed E-state index contributed by atoms with van der Waals surface area (Å²) in [7, 11) is 3.24. The zero-order valence-electron chi connectivity index (χ0n) is 18.0. The van der Waals surface area contributed by atoms with Gasteiger partial charge in [0.2, 0.25) is 0 Å². The van der Waals surface area contributed by atoms with Crippen molar-refractivity contribution in [3.8, 4) is 6.07 Å². The number of nitrogens with zero attached hydrogens (tertiary/aromatic N) is 3. The van der Waals surface area contributed by atoms with Crippen LogP contribution in [0.15, 0.2) is 42.0 Å². The number of anilines is 1. The molecule has 0 spiro atoms. The van der Waals surface area contributed by atoms with E-state index in [9.17, 15) is 14.9 Å². The van der Waals surface area contributed by atoms with Gasteiger partial charge in [-0.3, -0.25) is 4.79 Å². The first-order valence-electron chi connectivity index (χ1n) is 9.58. The molecule has 7 nitrogen and oxygen atoms in total. The molecule has 0 bridgehead atoms. The fourth-order valence-corrected chi connectivity index (χ4v) is 3.33. The zero-order chi connectivity index (χ0) is 22.3.